The van der Waals surface area contributed by atoms with E-state index in [0.29, 0.717) is 22.8 Å². The Bertz CT molecular complexity index is 415. The summed E-state index contributed by atoms with van der Waals surface area (Å²) in [6, 6.07) is 3.41. The van der Waals surface area contributed by atoms with Gasteiger partial charge in [-0.3, -0.25) is 4.79 Å². The second kappa shape index (κ2) is 5.87. The van der Waals surface area contributed by atoms with Crippen LogP contribution in [0.5, 0.6) is 17.2 Å². The zero-order valence-corrected chi connectivity index (χ0v) is 11.6. The van der Waals surface area contributed by atoms with E-state index in [1.165, 1.54) is 21.3 Å². The first-order chi connectivity index (χ1) is 8.06. The summed E-state index contributed by atoms with van der Waals surface area (Å²) in [6.07, 6.45) is 0. The van der Waals surface area contributed by atoms with Gasteiger partial charge in [0.1, 0.15) is 11.3 Å². The second-order valence-corrected chi connectivity index (χ2v) is 4.53. The summed E-state index contributed by atoms with van der Waals surface area (Å²) in [5, 5.41) is 0. The van der Waals surface area contributed by atoms with E-state index in [4.69, 9.17) is 14.2 Å². The normalized spacial score (nSPS) is 11.8. The molecule has 1 aromatic carbocycles. The molecule has 1 rings (SSSR count). The smallest absolute Gasteiger partial charge is 0.177 e. The predicted octanol–water partition coefficient (Wildman–Crippen LogP) is 2.16. The number of ether oxygens (including phenoxy) is 3. The lowest BCUT2D eigenvalue weighted by Crippen LogP contribution is -2.13. The first kappa shape index (κ1) is 13.8. The minimum Gasteiger partial charge on any atom is -0.496 e. The van der Waals surface area contributed by atoms with Crippen molar-refractivity contribution in [1.29, 1.82) is 0 Å². The largest absolute Gasteiger partial charge is 0.496 e. The van der Waals surface area contributed by atoms with Crippen LogP contribution in [0, 0.1) is 0 Å². The van der Waals surface area contributed by atoms with Crippen LogP contribution >= 0.6 is 9.24 Å². The summed E-state index contributed by atoms with van der Waals surface area (Å²) < 4.78 is 15.6. The molecule has 17 heavy (non-hydrogen) atoms. The molecule has 0 fully saturated rings. The van der Waals surface area contributed by atoms with Crippen LogP contribution < -0.4 is 14.2 Å². The third-order valence-electron chi connectivity index (χ3n) is 2.39. The van der Waals surface area contributed by atoms with Crippen molar-refractivity contribution in [3.8, 4) is 17.2 Å². The molecule has 0 aliphatic rings. The summed E-state index contributed by atoms with van der Waals surface area (Å²) >= 11 is 0. The van der Waals surface area contributed by atoms with E-state index in [1.807, 2.05) is 0 Å². The summed E-state index contributed by atoms with van der Waals surface area (Å²) in [6.45, 7) is 1.80. The molecule has 4 nitrogen and oxygen atoms in total. The van der Waals surface area contributed by atoms with Gasteiger partial charge in [0.05, 0.1) is 21.3 Å². The Morgan fingerprint density at radius 1 is 1.12 bits per heavy atom. The maximum atomic E-state index is 12.1. The molecule has 2 unspecified atom stereocenters. The minimum atomic E-state index is -0.218. The number of carbonyl (C=O) groups is 1. The molecule has 0 bridgehead atoms. The number of hydrogen-bond donors (Lipinski definition) is 0. The number of carbonyl (C=O) groups excluding carboxylic acids is 1. The molecule has 0 aliphatic heterocycles. The number of methoxy groups -OCH3 is 3. The van der Waals surface area contributed by atoms with Gasteiger partial charge in [-0.25, -0.2) is 0 Å². The van der Waals surface area contributed by atoms with Gasteiger partial charge in [-0.15, -0.1) is 9.24 Å². The standard InChI is InChI=1S/C12H17O4P/c1-7(17)11(13)10-8(14-2)5-6-9(15-3)12(10)16-4/h5-7H,17H2,1-4H3. The molecular weight excluding hydrogens is 239 g/mol. The molecule has 0 aliphatic carbocycles. The van der Waals surface area contributed by atoms with Gasteiger partial charge in [-0.1, -0.05) is 6.92 Å². The molecule has 0 amide bonds. The molecule has 0 saturated carbocycles. The molecule has 2 atom stereocenters. The van der Waals surface area contributed by atoms with E-state index in [2.05, 4.69) is 9.24 Å². The van der Waals surface area contributed by atoms with Gasteiger partial charge in [0.2, 0.25) is 0 Å². The highest BCUT2D eigenvalue weighted by atomic mass is 31.0. The van der Waals surface area contributed by atoms with Crippen molar-refractivity contribution in [2.45, 2.75) is 12.6 Å². The Balaban J connectivity index is 3.45. The minimum absolute atomic E-state index is 0.0670. The maximum absolute atomic E-state index is 12.1. The lowest BCUT2D eigenvalue weighted by atomic mass is 10.1. The number of benzene rings is 1. The van der Waals surface area contributed by atoms with Crippen LogP contribution in [0.25, 0.3) is 0 Å². The lowest BCUT2D eigenvalue weighted by molar-refractivity contribution is 0.0987. The molecule has 94 valence electrons. The highest BCUT2D eigenvalue weighted by molar-refractivity contribution is 7.19. The monoisotopic (exact) mass is 256 g/mol. The van der Waals surface area contributed by atoms with Crippen LogP contribution in [0.2, 0.25) is 0 Å². The second-order valence-electron chi connectivity index (χ2n) is 3.53. The van der Waals surface area contributed by atoms with E-state index in [1.54, 1.807) is 19.1 Å². The number of hydrogen-bond acceptors (Lipinski definition) is 4. The molecular formula is C12H17O4P. The molecule has 0 aromatic heterocycles. The molecule has 5 heteroatoms. The fraction of sp³-hybridized carbons (Fsp3) is 0.417. The van der Waals surface area contributed by atoms with E-state index in [-0.39, 0.29) is 11.4 Å². The quantitative estimate of drug-likeness (QED) is 0.598. The Morgan fingerprint density at radius 2 is 1.65 bits per heavy atom. The highest BCUT2D eigenvalue weighted by Crippen LogP contribution is 2.38. The van der Waals surface area contributed by atoms with Gasteiger partial charge < -0.3 is 14.2 Å². The van der Waals surface area contributed by atoms with E-state index < -0.39 is 0 Å². The average molecular weight is 256 g/mol. The van der Waals surface area contributed by atoms with Gasteiger partial charge >= 0.3 is 0 Å². The zero-order chi connectivity index (χ0) is 13.0. The molecule has 0 spiro atoms. The van der Waals surface area contributed by atoms with Crippen molar-refractivity contribution in [2.75, 3.05) is 21.3 Å². The third kappa shape index (κ3) is 2.70. The van der Waals surface area contributed by atoms with Crippen molar-refractivity contribution in [3.05, 3.63) is 17.7 Å². The van der Waals surface area contributed by atoms with Crippen molar-refractivity contribution < 1.29 is 19.0 Å². The number of rotatable bonds is 5. The van der Waals surface area contributed by atoms with Crippen LogP contribution in [-0.4, -0.2) is 32.8 Å². The average Bonchev–Trinajstić information content (AvgIpc) is 2.35. The Hall–Kier alpha value is -1.28. The summed E-state index contributed by atoms with van der Waals surface area (Å²) in [4.78, 5) is 12.1. The number of ketones is 1. The Labute approximate surface area is 103 Å². The SMILES string of the molecule is COc1ccc(OC)c(C(=O)C(C)P)c1OC. The molecule has 0 heterocycles. The van der Waals surface area contributed by atoms with Crippen molar-refractivity contribution in [1.82, 2.24) is 0 Å². The summed E-state index contributed by atoms with van der Waals surface area (Å²) in [5.74, 6) is 1.35. The fourth-order valence-electron chi connectivity index (χ4n) is 1.54. The van der Waals surface area contributed by atoms with E-state index in [0.717, 1.165) is 0 Å². The van der Waals surface area contributed by atoms with Gasteiger partial charge in [0.15, 0.2) is 17.3 Å². The topological polar surface area (TPSA) is 44.8 Å². The van der Waals surface area contributed by atoms with Crippen LogP contribution in [0.4, 0.5) is 0 Å². The number of Topliss-reactive ketones (excluding diaryl/α,β-unsaturated/α-hetero) is 1. The van der Waals surface area contributed by atoms with Gasteiger partial charge in [-0.05, 0) is 12.1 Å². The van der Waals surface area contributed by atoms with Crippen LogP contribution in [-0.2, 0) is 0 Å². The highest BCUT2D eigenvalue weighted by Gasteiger charge is 2.24. The van der Waals surface area contributed by atoms with Crippen LogP contribution in [0.15, 0.2) is 12.1 Å². The molecule has 1 aromatic rings. The predicted molar refractivity (Wildman–Crippen MR) is 69.6 cm³/mol. The van der Waals surface area contributed by atoms with E-state index in [9.17, 15) is 4.79 Å². The first-order valence-corrected chi connectivity index (χ1v) is 5.82. The van der Waals surface area contributed by atoms with Gasteiger partial charge in [0, 0.05) is 5.66 Å². The van der Waals surface area contributed by atoms with Crippen LogP contribution in [0.3, 0.4) is 0 Å². The van der Waals surface area contributed by atoms with Gasteiger partial charge in [0.25, 0.3) is 0 Å². The summed E-state index contributed by atoms with van der Waals surface area (Å²) in [7, 11) is 7.01. The van der Waals surface area contributed by atoms with Gasteiger partial charge in [-0.2, -0.15) is 0 Å². The lowest BCUT2D eigenvalue weighted by Gasteiger charge is -2.16. The Kier molecular flexibility index (Phi) is 4.76. The first-order valence-electron chi connectivity index (χ1n) is 5.15. The summed E-state index contributed by atoms with van der Waals surface area (Å²) in [5.41, 5.74) is 0.196. The van der Waals surface area contributed by atoms with Crippen LogP contribution in [0.1, 0.15) is 17.3 Å². The fourth-order valence-corrected chi connectivity index (χ4v) is 1.71. The molecule has 0 N–H and O–H groups in total. The molecule has 0 saturated heterocycles. The zero-order valence-electron chi connectivity index (χ0n) is 10.4. The Morgan fingerprint density at radius 3 is 2.06 bits per heavy atom. The molecule has 0 radical (unpaired) electrons. The van der Waals surface area contributed by atoms with E-state index >= 15 is 0 Å². The van der Waals surface area contributed by atoms with Crippen molar-refractivity contribution in [3.63, 3.8) is 0 Å². The third-order valence-corrected chi connectivity index (χ3v) is 2.69. The van der Waals surface area contributed by atoms with Crippen molar-refractivity contribution in [2.24, 2.45) is 0 Å². The van der Waals surface area contributed by atoms with Crippen molar-refractivity contribution >= 4 is 15.0 Å². The maximum Gasteiger partial charge on any atom is 0.177 e.